The van der Waals surface area contributed by atoms with E-state index in [1.54, 1.807) is 0 Å². The van der Waals surface area contributed by atoms with Crippen molar-refractivity contribution in [2.24, 2.45) is 0 Å². The van der Waals surface area contributed by atoms with Gasteiger partial charge in [-0.1, -0.05) is 0 Å². The number of hydrogen-bond acceptors (Lipinski definition) is 4. The Balaban J connectivity index is 1.40. The van der Waals surface area contributed by atoms with Crippen LogP contribution in [0.15, 0.2) is 291 Å². The Labute approximate surface area is 566 Å². The number of aryl methyl sites for hydroxylation is 12. The zero-order chi connectivity index (χ0) is 66.9. The summed E-state index contributed by atoms with van der Waals surface area (Å²) in [7, 11) is -5.64. The van der Waals surface area contributed by atoms with Crippen LogP contribution in [0.4, 0.5) is 0 Å². The monoisotopic (exact) mass is 1320 g/mol. The SMILES string of the molecule is Cc1ccc(CP(OP(=O)(OP(Cc2ccc(C)cc2)(c2ccc(C)cc2)(c2ccc(C)cc2)c2ccc(C)cc2)OP(Cc2ccc(C)cc2)(c2ccc(C)cc2)(c2ccc(C)cc2)c2ccc(C)cc2)(c2ccc(C)cc2)(c2ccc(C)cc2)c2ccc(C)cc2)cc1. The van der Waals surface area contributed by atoms with E-state index in [0.717, 1.165) is 131 Å². The van der Waals surface area contributed by atoms with Crippen LogP contribution < -0.4 is 47.7 Å². The molecule has 0 atom stereocenters. The molecule has 0 saturated carbocycles. The van der Waals surface area contributed by atoms with Gasteiger partial charge in [0.1, 0.15) is 0 Å². The summed E-state index contributed by atoms with van der Waals surface area (Å²) in [6.07, 6.45) is 0.830. The van der Waals surface area contributed by atoms with Crippen molar-refractivity contribution in [3.05, 3.63) is 375 Å². The average Bonchev–Trinajstić information content (AvgIpc) is 0.668. The molecule has 0 fully saturated rings. The summed E-state index contributed by atoms with van der Waals surface area (Å²) in [4.78, 5) is 0. The van der Waals surface area contributed by atoms with Gasteiger partial charge < -0.3 is 0 Å². The molecule has 0 heterocycles. The predicted molar refractivity (Wildman–Crippen MR) is 414 cm³/mol. The third-order valence-corrected chi connectivity index (χ3v) is 42.0. The summed E-state index contributed by atoms with van der Waals surface area (Å²) in [6.45, 7) is 10.2. The molecule has 0 radical (unpaired) electrons. The van der Waals surface area contributed by atoms with Crippen molar-refractivity contribution in [2.75, 3.05) is 0 Å². The fourth-order valence-corrected chi connectivity index (χ4v) is 38.9. The predicted octanol–water partition coefficient (Wildman–Crippen LogP) is 19.8. The minimum atomic E-state index is -5.64. The summed E-state index contributed by atoms with van der Waals surface area (Å²) in [5.41, 5.74) is 16.1. The maximum atomic E-state index is 21.0. The summed E-state index contributed by atoms with van der Waals surface area (Å²) in [6, 6.07) is 106. The molecule has 0 unspecified atom stereocenters. The van der Waals surface area contributed by atoms with Crippen LogP contribution in [-0.2, 0) is 36.0 Å². The number of rotatable bonds is 21. The average molecular weight is 1320 g/mol. The Morgan fingerprint density at radius 3 is 0.411 bits per heavy atom. The van der Waals surface area contributed by atoms with Gasteiger partial charge in [-0.3, -0.25) is 0 Å². The molecule has 0 N–H and O–H groups in total. The van der Waals surface area contributed by atoms with Crippen molar-refractivity contribution in [1.82, 2.24) is 0 Å². The van der Waals surface area contributed by atoms with Gasteiger partial charge in [-0.15, -0.1) is 0 Å². The van der Waals surface area contributed by atoms with Gasteiger partial charge in [-0.25, -0.2) is 0 Å². The molecule has 12 aromatic rings. The molecule has 0 aromatic heterocycles. The van der Waals surface area contributed by atoms with Gasteiger partial charge >= 0.3 is 570 Å². The molecular weight excluding hydrogens is 1230 g/mol. The van der Waals surface area contributed by atoms with E-state index in [2.05, 4.69) is 374 Å². The molecule has 0 aliphatic heterocycles. The first-order valence-electron chi connectivity index (χ1n) is 33.2. The molecule has 0 amide bonds. The van der Waals surface area contributed by atoms with E-state index >= 15 is 4.57 Å². The Kier molecular flexibility index (Phi) is 18.5. The van der Waals surface area contributed by atoms with E-state index in [1.165, 1.54) is 0 Å². The standard InChI is InChI=1S/C87H90O4P4/c1-64-13-37-76(38-14-64)61-93(79-43-19-67(4)20-44-79,80-45-21-68(5)22-46-80,81-47-23-69(6)24-48-81)89-92(88,90-94(82-49-25-70(7)26-50-82,83-51-27-71(8)28-52-83,84-53-29-72(9)30-54-84)62-77-39-15-65(2)16-40-77)91-95(85-55-31-73(10)32-56-85,86-57-33-74(11)34-58-86,87-59-35-75(12)36-60-87)63-78-41-17-66(3)18-42-78/h13-60H,61-63H2,1-12H3. The van der Waals surface area contributed by atoms with Crippen molar-refractivity contribution in [1.29, 1.82) is 0 Å². The van der Waals surface area contributed by atoms with Crippen LogP contribution in [0.3, 0.4) is 0 Å². The van der Waals surface area contributed by atoms with Gasteiger partial charge in [0, 0.05) is 0 Å². The first-order chi connectivity index (χ1) is 45.5. The molecule has 0 spiro atoms. The summed E-state index contributed by atoms with van der Waals surface area (Å²) in [5, 5.41) is 7.89. The van der Waals surface area contributed by atoms with Crippen LogP contribution in [0.25, 0.3) is 0 Å². The molecule has 482 valence electrons. The molecular formula is C87H90O4P4. The summed E-state index contributed by atoms with van der Waals surface area (Å²) >= 11 is 0. The van der Waals surface area contributed by atoms with Crippen molar-refractivity contribution in [3.63, 3.8) is 0 Å². The number of hydrogen-bond donors (Lipinski definition) is 0. The van der Waals surface area contributed by atoms with E-state index in [0.29, 0.717) is 0 Å². The van der Waals surface area contributed by atoms with Gasteiger partial charge in [0.15, 0.2) is 0 Å². The number of benzene rings is 12. The fraction of sp³-hybridized carbons (Fsp3) is 0.172. The second-order valence-electron chi connectivity index (χ2n) is 27.3. The van der Waals surface area contributed by atoms with Gasteiger partial charge in [-0.2, -0.15) is 0 Å². The topological polar surface area (TPSA) is 44.8 Å². The van der Waals surface area contributed by atoms with Crippen LogP contribution in [0.2, 0.25) is 0 Å². The summed E-state index contributed by atoms with van der Waals surface area (Å²) < 4.78 is 49.1. The minimum absolute atomic E-state index is 0.277. The van der Waals surface area contributed by atoms with E-state index in [1.807, 2.05) is 0 Å². The summed E-state index contributed by atoms with van der Waals surface area (Å²) in [5.74, 6) is 0. The fourth-order valence-electron chi connectivity index (χ4n) is 14.2. The molecule has 8 heteroatoms. The normalized spacial score (nSPS) is 13.9. The third-order valence-electron chi connectivity index (χ3n) is 19.9. The van der Waals surface area contributed by atoms with E-state index < -0.39 is 28.3 Å². The molecule has 0 saturated heterocycles. The Morgan fingerprint density at radius 1 is 0.189 bits per heavy atom. The van der Waals surface area contributed by atoms with Crippen LogP contribution in [0, 0.1) is 83.1 Å². The van der Waals surface area contributed by atoms with Gasteiger partial charge in [0.05, 0.1) is 0 Å². The molecule has 0 bridgehead atoms. The Bertz CT molecular complexity index is 3880. The van der Waals surface area contributed by atoms with E-state index in [-0.39, 0.29) is 18.5 Å². The van der Waals surface area contributed by atoms with Crippen molar-refractivity contribution >= 4 is 76.1 Å². The van der Waals surface area contributed by atoms with Gasteiger partial charge in [0.2, 0.25) is 0 Å². The van der Waals surface area contributed by atoms with Crippen LogP contribution in [0.1, 0.15) is 83.5 Å². The van der Waals surface area contributed by atoms with Crippen LogP contribution in [-0.4, -0.2) is 0 Å². The molecule has 4 nitrogen and oxygen atoms in total. The van der Waals surface area contributed by atoms with Crippen LogP contribution in [0.5, 0.6) is 0 Å². The first-order valence-corrected chi connectivity index (χ1v) is 41.6. The second-order valence-corrected chi connectivity index (χ2v) is 43.0. The zero-order valence-electron chi connectivity index (χ0n) is 57.3. The Hall–Kier alpha value is -7.96. The van der Waals surface area contributed by atoms with E-state index in [4.69, 9.17) is 0 Å². The van der Waals surface area contributed by atoms with Gasteiger partial charge in [-0.05, 0) is 0 Å². The molecule has 12 aromatic carbocycles. The molecule has 95 heavy (non-hydrogen) atoms. The van der Waals surface area contributed by atoms with Crippen molar-refractivity contribution in [2.45, 2.75) is 102 Å². The van der Waals surface area contributed by atoms with E-state index in [9.17, 15) is 12.9 Å². The maximum absolute atomic E-state index is 21.0. The Morgan fingerprint density at radius 2 is 0.295 bits per heavy atom. The molecule has 0 aliphatic rings. The second kappa shape index (κ2) is 26.2. The third kappa shape index (κ3) is 12.2. The molecule has 0 aliphatic carbocycles. The van der Waals surface area contributed by atoms with Crippen molar-refractivity contribution < 1.29 is 17.5 Å². The first kappa shape index (κ1) is 67.0. The van der Waals surface area contributed by atoms with Gasteiger partial charge in [0.25, 0.3) is 0 Å². The van der Waals surface area contributed by atoms with Crippen LogP contribution >= 0.6 is 28.3 Å². The zero-order valence-corrected chi connectivity index (χ0v) is 60.8. The molecule has 12 rings (SSSR count). The van der Waals surface area contributed by atoms with Crippen molar-refractivity contribution in [3.8, 4) is 0 Å². The quantitative estimate of drug-likeness (QED) is 0.0673. The number of phosphoric acid groups is 1.